The van der Waals surface area contributed by atoms with Crippen LogP contribution in [0.4, 0.5) is 0 Å². The highest BCUT2D eigenvalue weighted by atomic mass is 16.6. The fourth-order valence-corrected chi connectivity index (χ4v) is 1.21. The lowest BCUT2D eigenvalue weighted by molar-refractivity contribution is 0.0264. The van der Waals surface area contributed by atoms with E-state index in [1.165, 1.54) is 12.1 Å². The van der Waals surface area contributed by atoms with Gasteiger partial charge in [0.2, 0.25) is 11.5 Å². The van der Waals surface area contributed by atoms with Crippen LogP contribution in [0.2, 0.25) is 0 Å². The minimum Gasteiger partial charge on any atom is -0.457 e. The van der Waals surface area contributed by atoms with Crippen molar-refractivity contribution < 1.29 is 23.5 Å². The first-order valence-electron chi connectivity index (χ1n) is 6.49. The van der Waals surface area contributed by atoms with Crippen LogP contribution in [-0.4, -0.2) is 24.1 Å². The Kier molecular flexibility index (Phi) is 5.60. The average Bonchev–Trinajstić information content (AvgIpc) is 2.87. The number of carbonyl (C=O) groups excluding carboxylic acids is 2. The van der Waals surface area contributed by atoms with Crippen LogP contribution in [-0.2, 0) is 9.47 Å². The maximum absolute atomic E-state index is 11.7. The van der Waals surface area contributed by atoms with Gasteiger partial charge in [-0.25, -0.2) is 9.59 Å². The summed E-state index contributed by atoms with van der Waals surface area (Å²) in [5, 5.41) is 0. The van der Waals surface area contributed by atoms with Gasteiger partial charge in [-0.1, -0.05) is 13.8 Å². The van der Waals surface area contributed by atoms with Gasteiger partial charge in [-0.05, 0) is 38.8 Å². The molecule has 1 aromatic heterocycles. The first kappa shape index (κ1) is 15.3. The van der Waals surface area contributed by atoms with E-state index in [1.54, 1.807) is 13.8 Å². The SMILES string of the molecule is CCC(C)OC(=O)c1ccc(C(=O)OC(C)CC)o1. The summed E-state index contributed by atoms with van der Waals surface area (Å²) in [4.78, 5) is 23.3. The Hall–Kier alpha value is -1.78. The van der Waals surface area contributed by atoms with E-state index in [4.69, 9.17) is 13.9 Å². The van der Waals surface area contributed by atoms with Gasteiger partial charge < -0.3 is 13.9 Å². The zero-order chi connectivity index (χ0) is 14.4. The molecule has 1 rings (SSSR count). The molecule has 19 heavy (non-hydrogen) atoms. The third-order valence-corrected chi connectivity index (χ3v) is 2.77. The number of hydrogen-bond acceptors (Lipinski definition) is 5. The van der Waals surface area contributed by atoms with Crippen LogP contribution in [0, 0.1) is 0 Å². The van der Waals surface area contributed by atoms with E-state index in [0.29, 0.717) is 0 Å². The van der Waals surface area contributed by atoms with Crippen LogP contribution >= 0.6 is 0 Å². The highest BCUT2D eigenvalue weighted by Gasteiger charge is 2.20. The van der Waals surface area contributed by atoms with Gasteiger partial charge in [0, 0.05) is 0 Å². The van der Waals surface area contributed by atoms with Gasteiger partial charge in [-0.15, -0.1) is 0 Å². The molecule has 0 fully saturated rings. The van der Waals surface area contributed by atoms with E-state index in [-0.39, 0.29) is 23.7 Å². The summed E-state index contributed by atoms with van der Waals surface area (Å²) in [6.07, 6.45) is 1.06. The fraction of sp³-hybridized carbons (Fsp3) is 0.571. The first-order chi connectivity index (χ1) is 8.97. The maximum atomic E-state index is 11.7. The number of hydrogen-bond donors (Lipinski definition) is 0. The number of esters is 2. The third kappa shape index (κ3) is 4.43. The molecule has 0 amide bonds. The van der Waals surface area contributed by atoms with Crippen LogP contribution in [0.3, 0.4) is 0 Å². The van der Waals surface area contributed by atoms with Crippen molar-refractivity contribution in [2.45, 2.75) is 52.7 Å². The van der Waals surface area contributed by atoms with Crippen LogP contribution in [0.5, 0.6) is 0 Å². The first-order valence-corrected chi connectivity index (χ1v) is 6.49. The molecule has 106 valence electrons. The van der Waals surface area contributed by atoms with Crippen molar-refractivity contribution in [2.24, 2.45) is 0 Å². The highest BCUT2D eigenvalue weighted by Crippen LogP contribution is 2.13. The topological polar surface area (TPSA) is 65.7 Å². The molecule has 0 aliphatic carbocycles. The summed E-state index contributed by atoms with van der Waals surface area (Å²) in [6, 6.07) is 2.83. The molecular formula is C14H20O5. The zero-order valence-corrected chi connectivity index (χ0v) is 11.8. The Morgan fingerprint density at radius 2 is 1.37 bits per heavy atom. The molecule has 0 saturated heterocycles. The lowest BCUT2D eigenvalue weighted by Gasteiger charge is -2.09. The molecule has 0 N–H and O–H groups in total. The molecule has 0 spiro atoms. The van der Waals surface area contributed by atoms with E-state index in [2.05, 4.69) is 0 Å². The second kappa shape index (κ2) is 6.97. The van der Waals surface area contributed by atoms with Crippen molar-refractivity contribution >= 4 is 11.9 Å². The van der Waals surface area contributed by atoms with Crippen LogP contribution < -0.4 is 0 Å². The molecule has 0 aliphatic rings. The molecule has 5 heteroatoms. The molecule has 0 saturated carbocycles. The van der Waals surface area contributed by atoms with Crippen LogP contribution in [0.25, 0.3) is 0 Å². The second-order valence-electron chi connectivity index (χ2n) is 4.41. The minimum absolute atomic E-state index is 0.0106. The molecule has 0 radical (unpaired) electrons. The van der Waals surface area contributed by atoms with Crippen molar-refractivity contribution in [1.82, 2.24) is 0 Å². The minimum atomic E-state index is -0.572. The van der Waals surface area contributed by atoms with E-state index < -0.39 is 11.9 Å². The molecular weight excluding hydrogens is 248 g/mol. The summed E-state index contributed by atoms with van der Waals surface area (Å²) in [6.45, 7) is 7.40. The predicted octanol–water partition coefficient (Wildman–Crippen LogP) is 3.19. The van der Waals surface area contributed by atoms with Crippen molar-refractivity contribution in [1.29, 1.82) is 0 Å². The monoisotopic (exact) mass is 268 g/mol. The Bertz CT molecular complexity index is 396. The molecule has 0 aliphatic heterocycles. The van der Waals surface area contributed by atoms with Crippen molar-refractivity contribution in [3.05, 3.63) is 23.7 Å². The number of carbonyl (C=O) groups is 2. The maximum Gasteiger partial charge on any atom is 0.374 e. The largest absolute Gasteiger partial charge is 0.457 e. The van der Waals surface area contributed by atoms with Gasteiger partial charge in [0.1, 0.15) is 0 Å². The van der Waals surface area contributed by atoms with Crippen molar-refractivity contribution in [3.63, 3.8) is 0 Å². The molecule has 1 heterocycles. The van der Waals surface area contributed by atoms with Crippen LogP contribution in [0.15, 0.2) is 16.5 Å². The smallest absolute Gasteiger partial charge is 0.374 e. The quantitative estimate of drug-likeness (QED) is 0.741. The van der Waals surface area contributed by atoms with Gasteiger partial charge in [0.15, 0.2) is 0 Å². The van der Waals surface area contributed by atoms with Crippen molar-refractivity contribution in [3.8, 4) is 0 Å². The molecule has 1 aromatic rings. The van der Waals surface area contributed by atoms with Gasteiger partial charge in [0.25, 0.3) is 0 Å². The second-order valence-corrected chi connectivity index (χ2v) is 4.41. The van der Waals surface area contributed by atoms with Gasteiger partial charge in [-0.2, -0.15) is 0 Å². The summed E-state index contributed by atoms with van der Waals surface area (Å²) < 4.78 is 15.3. The Balaban J connectivity index is 2.66. The summed E-state index contributed by atoms with van der Waals surface area (Å²) in [7, 11) is 0. The molecule has 0 bridgehead atoms. The average molecular weight is 268 g/mol. The third-order valence-electron chi connectivity index (χ3n) is 2.77. The Labute approximate surface area is 112 Å². The summed E-state index contributed by atoms with van der Waals surface area (Å²) >= 11 is 0. The van der Waals surface area contributed by atoms with Crippen LogP contribution in [0.1, 0.15) is 61.6 Å². The number of furan rings is 1. The van der Waals surface area contributed by atoms with E-state index >= 15 is 0 Å². The summed E-state index contributed by atoms with van der Waals surface area (Å²) in [5.74, 6) is -1.12. The predicted molar refractivity (Wildman–Crippen MR) is 69.0 cm³/mol. The van der Waals surface area contributed by atoms with Gasteiger partial charge in [-0.3, -0.25) is 0 Å². The Morgan fingerprint density at radius 1 is 1.00 bits per heavy atom. The summed E-state index contributed by atoms with van der Waals surface area (Å²) in [5.41, 5.74) is 0. The highest BCUT2D eigenvalue weighted by molar-refractivity contribution is 5.90. The molecule has 2 atom stereocenters. The van der Waals surface area contributed by atoms with E-state index in [1.807, 2.05) is 13.8 Å². The van der Waals surface area contributed by atoms with Crippen molar-refractivity contribution in [2.75, 3.05) is 0 Å². The van der Waals surface area contributed by atoms with E-state index in [9.17, 15) is 9.59 Å². The number of rotatable bonds is 6. The molecule has 2 unspecified atom stereocenters. The fourth-order valence-electron chi connectivity index (χ4n) is 1.21. The normalized spacial score (nSPS) is 13.7. The van der Waals surface area contributed by atoms with Gasteiger partial charge in [0.05, 0.1) is 12.2 Å². The number of ether oxygens (including phenoxy) is 2. The lowest BCUT2D eigenvalue weighted by atomic mass is 10.3. The standard InChI is InChI=1S/C14H20O5/c1-5-9(3)17-13(15)11-7-8-12(19-11)14(16)18-10(4)6-2/h7-10H,5-6H2,1-4H3. The zero-order valence-electron chi connectivity index (χ0n) is 11.8. The molecule has 0 aromatic carbocycles. The molecule has 5 nitrogen and oxygen atoms in total. The lowest BCUT2D eigenvalue weighted by Crippen LogP contribution is -2.14. The van der Waals surface area contributed by atoms with E-state index in [0.717, 1.165) is 12.8 Å². The van der Waals surface area contributed by atoms with Gasteiger partial charge >= 0.3 is 11.9 Å². The Morgan fingerprint density at radius 3 is 1.68 bits per heavy atom.